The summed E-state index contributed by atoms with van der Waals surface area (Å²) in [6.45, 7) is 1.07. The van der Waals surface area contributed by atoms with Crippen LogP contribution in [-0.4, -0.2) is 39.3 Å². The fourth-order valence-corrected chi connectivity index (χ4v) is 3.77. The van der Waals surface area contributed by atoms with E-state index in [1.54, 1.807) is 5.38 Å². The number of carbonyl (C=O) groups is 1. The molecule has 0 unspecified atom stereocenters. The molecule has 9 heteroatoms. The number of nitrogens with zero attached hydrogens (tertiary/aromatic N) is 3. The van der Waals surface area contributed by atoms with Crippen LogP contribution in [0.15, 0.2) is 54.2 Å². The van der Waals surface area contributed by atoms with Crippen molar-refractivity contribution < 1.29 is 14.3 Å². The monoisotopic (exact) mass is 405 g/mol. The zero-order valence-corrected chi connectivity index (χ0v) is 15.9. The molecule has 1 aliphatic heterocycles. The third kappa shape index (κ3) is 3.55. The number of amides is 1. The summed E-state index contributed by atoms with van der Waals surface area (Å²) in [5.41, 5.74) is 2.71. The molecule has 0 aliphatic carbocycles. The minimum absolute atomic E-state index is 0.278. The second-order valence-electron chi connectivity index (χ2n) is 6.27. The van der Waals surface area contributed by atoms with Crippen LogP contribution >= 0.6 is 11.3 Å². The third-order valence-corrected chi connectivity index (χ3v) is 5.23. The molecule has 1 amide bonds. The molecule has 2 N–H and O–H groups in total. The smallest absolute Gasteiger partial charge is 0.275 e. The van der Waals surface area contributed by atoms with E-state index in [2.05, 4.69) is 25.5 Å². The van der Waals surface area contributed by atoms with Crippen molar-refractivity contribution in [1.29, 1.82) is 0 Å². The molecule has 0 saturated carbocycles. The SMILES string of the molecule is O=C(Nc1cccc(-c2ncn[nH]2)c1)c1csc(-c2ccc3c(c2)OCCO3)n1. The largest absolute Gasteiger partial charge is 0.486 e. The Hall–Kier alpha value is -3.72. The van der Waals surface area contributed by atoms with Gasteiger partial charge in [-0.05, 0) is 30.3 Å². The number of carbonyl (C=O) groups excluding carboxylic acids is 1. The number of ether oxygens (including phenoxy) is 2. The lowest BCUT2D eigenvalue weighted by Gasteiger charge is -2.18. The fraction of sp³-hybridized carbons (Fsp3) is 0.100. The van der Waals surface area contributed by atoms with Gasteiger partial charge in [0.05, 0.1) is 0 Å². The lowest BCUT2D eigenvalue weighted by atomic mass is 10.2. The molecule has 0 radical (unpaired) electrons. The Labute approximate surface area is 169 Å². The van der Waals surface area contributed by atoms with E-state index in [-0.39, 0.29) is 5.91 Å². The molecule has 0 spiro atoms. The molecule has 0 saturated heterocycles. The number of benzene rings is 2. The molecule has 0 fully saturated rings. The number of thiazole rings is 1. The average Bonchev–Trinajstić information content (AvgIpc) is 3.46. The highest BCUT2D eigenvalue weighted by Crippen LogP contribution is 2.35. The van der Waals surface area contributed by atoms with E-state index in [0.717, 1.165) is 21.9 Å². The number of H-pyrrole nitrogens is 1. The van der Waals surface area contributed by atoms with Crippen LogP contribution < -0.4 is 14.8 Å². The minimum Gasteiger partial charge on any atom is -0.486 e. The van der Waals surface area contributed by atoms with Crippen molar-refractivity contribution in [2.75, 3.05) is 18.5 Å². The number of hydrogen-bond acceptors (Lipinski definition) is 7. The van der Waals surface area contributed by atoms with E-state index in [1.165, 1.54) is 17.7 Å². The first kappa shape index (κ1) is 17.4. The molecule has 4 aromatic rings. The van der Waals surface area contributed by atoms with Crippen molar-refractivity contribution in [3.8, 4) is 33.5 Å². The number of hydrogen-bond donors (Lipinski definition) is 2. The second kappa shape index (κ2) is 7.36. The van der Waals surface area contributed by atoms with Gasteiger partial charge in [-0.1, -0.05) is 12.1 Å². The molecule has 2 aromatic heterocycles. The van der Waals surface area contributed by atoms with Gasteiger partial charge in [0, 0.05) is 22.2 Å². The van der Waals surface area contributed by atoms with Crippen molar-refractivity contribution in [2.45, 2.75) is 0 Å². The van der Waals surface area contributed by atoms with Gasteiger partial charge in [0.1, 0.15) is 30.2 Å². The normalized spacial score (nSPS) is 12.6. The first-order valence-corrected chi connectivity index (χ1v) is 9.77. The third-order valence-electron chi connectivity index (χ3n) is 4.33. The minimum atomic E-state index is -0.278. The van der Waals surface area contributed by atoms with Crippen LogP contribution in [0, 0.1) is 0 Å². The van der Waals surface area contributed by atoms with Gasteiger partial charge in [-0.3, -0.25) is 9.89 Å². The summed E-state index contributed by atoms with van der Waals surface area (Å²) < 4.78 is 11.2. The van der Waals surface area contributed by atoms with E-state index in [0.29, 0.717) is 36.2 Å². The number of nitrogens with one attached hydrogen (secondary N) is 2. The van der Waals surface area contributed by atoms with E-state index < -0.39 is 0 Å². The van der Waals surface area contributed by atoms with E-state index in [9.17, 15) is 4.79 Å². The van der Waals surface area contributed by atoms with E-state index in [1.807, 2.05) is 42.5 Å². The van der Waals surface area contributed by atoms with Crippen LogP contribution in [0.3, 0.4) is 0 Å². The molecule has 144 valence electrons. The first-order valence-electron chi connectivity index (χ1n) is 8.89. The van der Waals surface area contributed by atoms with Crippen LogP contribution in [0.5, 0.6) is 11.5 Å². The maximum Gasteiger partial charge on any atom is 0.275 e. The zero-order valence-electron chi connectivity index (χ0n) is 15.1. The Morgan fingerprint density at radius 2 is 1.97 bits per heavy atom. The Bertz CT molecular complexity index is 1170. The van der Waals surface area contributed by atoms with E-state index in [4.69, 9.17) is 9.47 Å². The molecule has 5 rings (SSSR count). The number of rotatable bonds is 4. The van der Waals surface area contributed by atoms with Gasteiger partial charge in [-0.25, -0.2) is 9.97 Å². The van der Waals surface area contributed by atoms with Gasteiger partial charge < -0.3 is 14.8 Å². The van der Waals surface area contributed by atoms with Crippen molar-refractivity contribution in [3.05, 3.63) is 59.9 Å². The molecule has 3 heterocycles. The van der Waals surface area contributed by atoms with Crippen LogP contribution in [0.4, 0.5) is 5.69 Å². The summed E-state index contributed by atoms with van der Waals surface area (Å²) in [5.74, 6) is 1.77. The van der Waals surface area contributed by atoms with Crippen molar-refractivity contribution in [1.82, 2.24) is 20.2 Å². The summed E-state index contributed by atoms with van der Waals surface area (Å²) in [5, 5.41) is 12.0. The van der Waals surface area contributed by atoms with Gasteiger partial charge >= 0.3 is 0 Å². The summed E-state index contributed by atoms with van der Waals surface area (Å²) in [7, 11) is 0. The number of anilines is 1. The summed E-state index contributed by atoms with van der Waals surface area (Å²) >= 11 is 1.40. The Kier molecular flexibility index (Phi) is 4.41. The summed E-state index contributed by atoms with van der Waals surface area (Å²) in [4.78, 5) is 21.2. The molecular weight excluding hydrogens is 390 g/mol. The Morgan fingerprint density at radius 1 is 1.07 bits per heavy atom. The number of aromatic amines is 1. The fourth-order valence-electron chi connectivity index (χ4n) is 2.97. The quantitative estimate of drug-likeness (QED) is 0.538. The predicted molar refractivity (Wildman–Crippen MR) is 108 cm³/mol. The van der Waals surface area contributed by atoms with Gasteiger partial charge in [0.25, 0.3) is 5.91 Å². The molecule has 0 bridgehead atoms. The molecule has 8 nitrogen and oxygen atoms in total. The highest BCUT2D eigenvalue weighted by atomic mass is 32.1. The van der Waals surface area contributed by atoms with Crippen molar-refractivity contribution in [3.63, 3.8) is 0 Å². The number of fused-ring (bicyclic) bond motifs is 1. The second-order valence-corrected chi connectivity index (χ2v) is 7.12. The summed E-state index contributed by atoms with van der Waals surface area (Å²) in [6, 6.07) is 13.0. The molecular formula is C20H15N5O3S. The summed E-state index contributed by atoms with van der Waals surface area (Å²) in [6.07, 6.45) is 1.44. The lowest BCUT2D eigenvalue weighted by Crippen LogP contribution is -2.15. The highest BCUT2D eigenvalue weighted by molar-refractivity contribution is 7.13. The van der Waals surface area contributed by atoms with Crippen molar-refractivity contribution in [2.24, 2.45) is 0 Å². The Morgan fingerprint density at radius 3 is 2.83 bits per heavy atom. The average molecular weight is 405 g/mol. The first-order chi connectivity index (χ1) is 14.3. The topological polar surface area (TPSA) is 102 Å². The zero-order chi connectivity index (χ0) is 19.6. The molecule has 29 heavy (non-hydrogen) atoms. The van der Waals surface area contributed by atoms with Crippen LogP contribution in [0.2, 0.25) is 0 Å². The molecule has 1 aliphatic rings. The van der Waals surface area contributed by atoms with E-state index >= 15 is 0 Å². The predicted octanol–water partition coefficient (Wildman–Crippen LogP) is 3.62. The lowest BCUT2D eigenvalue weighted by molar-refractivity contribution is 0.102. The number of aromatic nitrogens is 4. The van der Waals surface area contributed by atoms with Crippen molar-refractivity contribution >= 4 is 22.9 Å². The van der Waals surface area contributed by atoms with Crippen LogP contribution in [0.25, 0.3) is 22.0 Å². The highest BCUT2D eigenvalue weighted by Gasteiger charge is 2.16. The van der Waals surface area contributed by atoms with Gasteiger partial charge in [0.2, 0.25) is 0 Å². The maximum absolute atomic E-state index is 12.6. The van der Waals surface area contributed by atoms with Crippen LogP contribution in [0.1, 0.15) is 10.5 Å². The maximum atomic E-state index is 12.6. The van der Waals surface area contributed by atoms with Crippen LogP contribution in [-0.2, 0) is 0 Å². The van der Waals surface area contributed by atoms with Gasteiger partial charge in [-0.15, -0.1) is 11.3 Å². The van der Waals surface area contributed by atoms with Gasteiger partial charge in [0.15, 0.2) is 17.3 Å². The Balaban J connectivity index is 1.34. The van der Waals surface area contributed by atoms with Gasteiger partial charge in [-0.2, -0.15) is 5.10 Å². The standard InChI is InChI=1S/C20H15N5O3S/c26-19(23-14-3-1-2-12(8-14)18-21-11-22-25-18)15-10-29-20(24-15)13-4-5-16-17(9-13)28-7-6-27-16/h1-5,8-11H,6-7H2,(H,23,26)(H,21,22,25). The molecule has 0 atom stereocenters. The molecule has 2 aromatic carbocycles.